The Morgan fingerprint density at radius 3 is 2.62 bits per heavy atom. The normalized spacial score (nSPS) is 11.7. The van der Waals surface area contributed by atoms with Gasteiger partial charge in [0, 0.05) is 29.6 Å². The summed E-state index contributed by atoms with van der Waals surface area (Å²) >= 11 is 0. The second kappa shape index (κ2) is 15.9. The largest absolute Gasteiger partial charge is 0.491 e. The van der Waals surface area contributed by atoms with Crippen LogP contribution in [-0.4, -0.2) is 69.8 Å². The van der Waals surface area contributed by atoms with Crippen LogP contribution < -0.4 is 15.4 Å². The third-order valence-electron chi connectivity index (χ3n) is 3.76. The first-order valence-corrected chi connectivity index (χ1v) is 10.5. The summed E-state index contributed by atoms with van der Waals surface area (Å²) in [5.41, 5.74) is 9.17. The maximum Gasteiger partial charge on any atom is 0.332 e. The Labute approximate surface area is 188 Å². The van der Waals surface area contributed by atoms with Crippen molar-refractivity contribution < 1.29 is 28.5 Å². The number of amides is 1. The number of hydrogen-bond acceptors (Lipinski definition) is 8. The average Bonchev–Trinajstić information content (AvgIpc) is 2.74. The van der Waals surface area contributed by atoms with E-state index in [4.69, 9.17) is 24.5 Å². The predicted octanol–water partition coefficient (Wildman–Crippen LogP) is 2.41. The van der Waals surface area contributed by atoms with Gasteiger partial charge in [-0.05, 0) is 37.6 Å². The summed E-state index contributed by atoms with van der Waals surface area (Å²) in [6.07, 6.45) is -1.11. The van der Waals surface area contributed by atoms with Gasteiger partial charge in [0.2, 0.25) is 0 Å². The molecule has 0 aliphatic carbocycles. The topological polar surface area (TPSA) is 144 Å². The number of nitrogens with one attached hydrogen (secondary N) is 2. The third-order valence-corrected chi connectivity index (χ3v) is 3.76. The van der Waals surface area contributed by atoms with Crippen molar-refractivity contribution in [1.82, 2.24) is 10.6 Å². The number of hydrogen-bond donors (Lipinski definition) is 2. The summed E-state index contributed by atoms with van der Waals surface area (Å²) in [6, 6.07) is 7.02. The van der Waals surface area contributed by atoms with Crippen LogP contribution in [0.1, 0.15) is 38.1 Å². The van der Waals surface area contributed by atoms with Gasteiger partial charge in [0.15, 0.2) is 6.23 Å². The van der Waals surface area contributed by atoms with Gasteiger partial charge >= 0.3 is 5.97 Å². The molecule has 1 amide bonds. The fraction of sp³-hybridized carbons (Fsp3) is 0.619. The quantitative estimate of drug-likeness (QED) is 0.129. The lowest BCUT2D eigenvalue weighted by Crippen LogP contribution is -2.34. The van der Waals surface area contributed by atoms with Gasteiger partial charge in [-0.2, -0.15) is 0 Å². The van der Waals surface area contributed by atoms with Crippen LogP contribution in [0.3, 0.4) is 0 Å². The molecule has 0 aromatic heterocycles. The molecule has 11 heteroatoms. The zero-order valence-electron chi connectivity index (χ0n) is 19.1. The molecule has 178 valence electrons. The van der Waals surface area contributed by atoms with Gasteiger partial charge in [-0.1, -0.05) is 25.0 Å². The summed E-state index contributed by atoms with van der Waals surface area (Å²) < 4.78 is 21.1. The van der Waals surface area contributed by atoms with Crippen molar-refractivity contribution in [2.45, 2.75) is 46.1 Å². The first-order chi connectivity index (χ1) is 15.3. The Kier molecular flexibility index (Phi) is 13.5. The molecule has 0 bridgehead atoms. The van der Waals surface area contributed by atoms with Crippen molar-refractivity contribution in [1.29, 1.82) is 0 Å². The zero-order valence-corrected chi connectivity index (χ0v) is 19.1. The minimum Gasteiger partial charge on any atom is -0.491 e. The number of benzene rings is 1. The lowest BCUT2D eigenvalue weighted by Gasteiger charge is -2.15. The second-order valence-corrected chi connectivity index (χ2v) is 7.33. The second-order valence-electron chi connectivity index (χ2n) is 7.33. The van der Waals surface area contributed by atoms with E-state index < -0.39 is 12.2 Å². The van der Waals surface area contributed by atoms with Crippen LogP contribution in [0.15, 0.2) is 29.4 Å². The highest BCUT2D eigenvalue weighted by Gasteiger charge is 2.11. The van der Waals surface area contributed by atoms with Crippen LogP contribution in [0.25, 0.3) is 10.4 Å². The molecule has 0 spiro atoms. The van der Waals surface area contributed by atoms with Crippen molar-refractivity contribution in [3.63, 3.8) is 0 Å². The van der Waals surface area contributed by atoms with Gasteiger partial charge in [0.1, 0.15) is 19.0 Å². The molecule has 2 N–H and O–H groups in total. The van der Waals surface area contributed by atoms with Crippen LogP contribution >= 0.6 is 0 Å². The molecule has 1 aromatic carbocycles. The van der Waals surface area contributed by atoms with E-state index in [-0.39, 0.29) is 38.4 Å². The highest BCUT2D eigenvalue weighted by atomic mass is 16.6. The maximum absolute atomic E-state index is 12.3. The fourth-order valence-electron chi connectivity index (χ4n) is 2.40. The maximum atomic E-state index is 12.3. The molecule has 32 heavy (non-hydrogen) atoms. The molecule has 0 fully saturated rings. The molecule has 0 aliphatic rings. The van der Waals surface area contributed by atoms with E-state index in [0.717, 1.165) is 0 Å². The fourth-order valence-corrected chi connectivity index (χ4v) is 2.40. The lowest BCUT2D eigenvalue weighted by molar-refractivity contribution is -0.153. The van der Waals surface area contributed by atoms with E-state index >= 15 is 0 Å². The number of esters is 1. The number of carbonyl (C=O) groups is 2. The highest BCUT2D eigenvalue weighted by Crippen LogP contribution is 2.14. The Balaban J connectivity index is 2.41. The first kappa shape index (κ1) is 27.2. The number of azide groups is 1. The van der Waals surface area contributed by atoms with E-state index in [9.17, 15) is 9.59 Å². The van der Waals surface area contributed by atoms with Gasteiger partial charge in [0.05, 0.1) is 19.3 Å². The van der Waals surface area contributed by atoms with Crippen molar-refractivity contribution in [2.75, 3.05) is 39.5 Å². The van der Waals surface area contributed by atoms with Crippen LogP contribution in [0.5, 0.6) is 5.75 Å². The molecule has 1 unspecified atom stereocenters. The van der Waals surface area contributed by atoms with Crippen molar-refractivity contribution in [3.05, 3.63) is 40.3 Å². The average molecular weight is 452 g/mol. The Bertz CT molecular complexity index is 752. The number of carbonyl (C=O) groups excluding carboxylic acids is 2. The highest BCUT2D eigenvalue weighted by molar-refractivity contribution is 5.94. The molecule has 0 aliphatic heterocycles. The molecule has 0 radical (unpaired) electrons. The number of ether oxygens (including phenoxy) is 4. The SMILES string of the molecule is CC(C)NCCNC(=O)c1cccc(OCC(N=[N+]=[N-])OCCOCC(=O)OC(C)C)c1. The minimum absolute atomic E-state index is 0.0527. The van der Waals surface area contributed by atoms with E-state index in [2.05, 4.69) is 20.7 Å². The molecule has 1 atom stereocenters. The monoisotopic (exact) mass is 451 g/mol. The summed E-state index contributed by atoms with van der Waals surface area (Å²) in [5.74, 6) is -0.237. The predicted molar refractivity (Wildman–Crippen MR) is 118 cm³/mol. The summed E-state index contributed by atoms with van der Waals surface area (Å²) in [7, 11) is 0. The van der Waals surface area contributed by atoms with Crippen molar-refractivity contribution in [2.24, 2.45) is 5.11 Å². The Morgan fingerprint density at radius 2 is 1.94 bits per heavy atom. The molecule has 11 nitrogen and oxygen atoms in total. The third kappa shape index (κ3) is 12.8. The van der Waals surface area contributed by atoms with E-state index in [1.165, 1.54) is 0 Å². The summed E-state index contributed by atoms with van der Waals surface area (Å²) in [6.45, 7) is 8.72. The van der Waals surface area contributed by atoms with Crippen LogP contribution in [0.4, 0.5) is 0 Å². The van der Waals surface area contributed by atoms with Gasteiger partial charge in [-0.3, -0.25) is 4.79 Å². The summed E-state index contributed by atoms with van der Waals surface area (Å²) in [4.78, 5) is 26.4. The van der Waals surface area contributed by atoms with Gasteiger partial charge < -0.3 is 29.6 Å². The molecular formula is C21H33N5O6. The molecule has 1 rings (SSSR count). The zero-order chi connectivity index (χ0) is 23.8. The minimum atomic E-state index is -0.897. The van der Waals surface area contributed by atoms with Crippen molar-refractivity contribution in [3.8, 4) is 5.75 Å². The molecule has 0 saturated heterocycles. The molecule has 0 heterocycles. The standard InChI is InChI=1S/C21H33N5O6/c1-15(2)23-8-9-24-21(28)17-6-5-7-18(12-17)31-13-19(25-26-22)30-11-10-29-14-20(27)32-16(3)4/h5-7,12,15-16,19,23H,8-11,13-14H2,1-4H3,(H,24,28). The molecular weight excluding hydrogens is 418 g/mol. The van der Waals surface area contributed by atoms with Crippen LogP contribution in [0.2, 0.25) is 0 Å². The number of nitrogens with zero attached hydrogens (tertiary/aromatic N) is 3. The van der Waals surface area contributed by atoms with Crippen LogP contribution in [-0.2, 0) is 19.0 Å². The van der Waals surface area contributed by atoms with Gasteiger partial charge in [-0.25, -0.2) is 4.79 Å². The van der Waals surface area contributed by atoms with E-state index in [1.807, 2.05) is 13.8 Å². The van der Waals surface area contributed by atoms with Crippen molar-refractivity contribution >= 4 is 11.9 Å². The van der Waals surface area contributed by atoms with Gasteiger partial charge in [0.25, 0.3) is 5.91 Å². The van der Waals surface area contributed by atoms with E-state index in [1.54, 1.807) is 38.1 Å². The summed E-state index contributed by atoms with van der Waals surface area (Å²) in [5, 5.41) is 9.58. The number of rotatable bonds is 16. The first-order valence-electron chi connectivity index (χ1n) is 10.5. The van der Waals surface area contributed by atoms with Gasteiger partial charge in [-0.15, -0.1) is 0 Å². The molecule has 1 aromatic rings. The Morgan fingerprint density at radius 1 is 1.16 bits per heavy atom. The van der Waals surface area contributed by atoms with Crippen LogP contribution in [0, 0.1) is 0 Å². The Hall–Kier alpha value is -2.85. The molecule has 0 saturated carbocycles. The van der Waals surface area contributed by atoms with E-state index in [0.29, 0.717) is 30.4 Å². The lowest BCUT2D eigenvalue weighted by atomic mass is 10.2. The smallest absolute Gasteiger partial charge is 0.332 e.